The molecule has 0 spiro atoms. The van der Waals surface area contributed by atoms with E-state index in [1.54, 1.807) is 30.3 Å². The molecular weight excluding hydrogens is 436 g/mol. The molecule has 0 saturated carbocycles. The molecule has 0 bridgehead atoms. The van der Waals surface area contributed by atoms with Gasteiger partial charge in [0.15, 0.2) is 5.76 Å². The number of amides is 1. The molecule has 1 amide bonds. The summed E-state index contributed by atoms with van der Waals surface area (Å²) in [5, 5.41) is 15.6. The number of halogens is 1. The van der Waals surface area contributed by atoms with Crippen molar-refractivity contribution in [1.82, 2.24) is 4.90 Å². The SMILES string of the molecule is O=C(Nc1ccc(Cl)cc1)c1cc2cc(C3(O)CCN(Cc4ccccc4)CC3)ccc2o1. The quantitative estimate of drug-likeness (QED) is 0.393. The first-order chi connectivity index (χ1) is 16.0. The summed E-state index contributed by atoms with van der Waals surface area (Å²) in [5.41, 5.74) is 2.52. The molecule has 168 valence electrons. The molecule has 5 rings (SSSR count). The number of hydrogen-bond donors (Lipinski definition) is 2. The standard InChI is InChI=1S/C27H25ClN2O3/c28-22-7-9-23(10-8-22)29-26(31)25-17-20-16-21(6-11-24(20)33-25)27(32)12-14-30(15-13-27)18-19-4-2-1-3-5-19/h1-11,16-17,32H,12-15,18H2,(H,29,31). The normalized spacial score (nSPS) is 16.1. The van der Waals surface area contributed by atoms with Crippen LogP contribution in [0.4, 0.5) is 5.69 Å². The molecule has 0 radical (unpaired) electrons. The summed E-state index contributed by atoms with van der Waals surface area (Å²) in [7, 11) is 0. The summed E-state index contributed by atoms with van der Waals surface area (Å²) in [6.45, 7) is 2.54. The second kappa shape index (κ2) is 9.02. The number of benzene rings is 3. The van der Waals surface area contributed by atoms with Crippen molar-refractivity contribution in [2.75, 3.05) is 18.4 Å². The number of piperidine rings is 1. The van der Waals surface area contributed by atoms with E-state index < -0.39 is 5.60 Å². The summed E-state index contributed by atoms with van der Waals surface area (Å²) in [6, 6.07) is 24.7. The third-order valence-electron chi connectivity index (χ3n) is 6.31. The van der Waals surface area contributed by atoms with Crippen LogP contribution >= 0.6 is 11.6 Å². The molecule has 5 nitrogen and oxygen atoms in total. The van der Waals surface area contributed by atoms with Crippen molar-refractivity contribution < 1.29 is 14.3 Å². The Kier molecular flexibility index (Phi) is 5.94. The van der Waals surface area contributed by atoms with Crippen LogP contribution in [0.25, 0.3) is 11.0 Å². The molecule has 2 N–H and O–H groups in total. The van der Waals surface area contributed by atoms with Gasteiger partial charge in [-0.25, -0.2) is 0 Å². The molecule has 33 heavy (non-hydrogen) atoms. The maximum atomic E-state index is 12.6. The van der Waals surface area contributed by atoms with E-state index in [1.165, 1.54) is 5.56 Å². The summed E-state index contributed by atoms with van der Waals surface area (Å²) < 4.78 is 5.76. The maximum absolute atomic E-state index is 12.6. The highest BCUT2D eigenvalue weighted by molar-refractivity contribution is 6.30. The molecule has 1 aliphatic heterocycles. The third kappa shape index (κ3) is 4.81. The highest BCUT2D eigenvalue weighted by Gasteiger charge is 2.34. The minimum Gasteiger partial charge on any atom is -0.451 e. The zero-order valence-electron chi connectivity index (χ0n) is 18.1. The van der Waals surface area contributed by atoms with E-state index in [1.807, 2.05) is 24.3 Å². The summed E-state index contributed by atoms with van der Waals surface area (Å²) >= 11 is 5.90. The van der Waals surface area contributed by atoms with Crippen molar-refractivity contribution in [3.63, 3.8) is 0 Å². The minimum absolute atomic E-state index is 0.224. The fourth-order valence-corrected chi connectivity index (χ4v) is 4.51. The van der Waals surface area contributed by atoms with Gasteiger partial charge in [-0.2, -0.15) is 0 Å². The number of fused-ring (bicyclic) bond motifs is 1. The highest BCUT2D eigenvalue weighted by atomic mass is 35.5. The van der Waals surface area contributed by atoms with Crippen LogP contribution in [0, 0.1) is 0 Å². The van der Waals surface area contributed by atoms with Gasteiger partial charge < -0.3 is 14.8 Å². The zero-order chi connectivity index (χ0) is 22.8. The predicted molar refractivity (Wildman–Crippen MR) is 130 cm³/mol. The van der Waals surface area contributed by atoms with Gasteiger partial charge in [0.05, 0.1) is 5.60 Å². The van der Waals surface area contributed by atoms with Crippen LogP contribution < -0.4 is 5.32 Å². The average Bonchev–Trinajstić information content (AvgIpc) is 3.27. The topological polar surface area (TPSA) is 65.7 Å². The van der Waals surface area contributed by atoms with Crippen LogP contribution in [0.15, 0.2) is 83.3 Å². The number of nitrogens with one attached hydrogen (secondary N) is 1. The van der Waals surface area contributed by atoms with Crippen molar-refractivity contribution in [2.24, 2.45) is 0 Å². The molecule has 2 heterocycles. The van der Waals surface area contributed by atoms with Gasteiger partial charge in [0, 0.05) is 35.7 Å². The van der Waals surface area contributed by atoms with Gasteiger partial charge >= 0.3 is 0 Å². The van der Waals surface area contributed by atoms with E-state index in [2.05, 4.69) is 34.5 Å². The smallest absolute Gasteiger partial charge is 0.291 e. The Hall–Kier alpha value is -3.12. The van der Waals surface area contributed by atoms with E-state index in [4.69, 9.17) is 16.0 Å². The summed E-state index contributed by atoms with van der Waals surface area (Å²) in [6.07, 6.45) is 1.32. The highest BCUT2D eigenvalue weighted by Crippen LogP contribution is 2.35. The fraction of sp³-hybridized carbons (Fsp3) is 0.222. The summed E-state index contributed by atoms with van der Waals surface area (Å²) in [4.78, 5) is 15.0. The van der Waals surface area contributed by atoms with E-state index in [0.717, 1.165) is 30.6 Å². The van der Waals surface area contributed by atoms with Crippen LogP contribution in [0.3, 0.4) is 0 Å². The van der Waals surface area contributed by atoms with E-state index >= 15 is 0 Å². The van der Waals surface area contributed by atoms with E-state index in [0.29, 0.717) is 29.1 Å². The number of carbonyl (C=O) groups is 1. The lowest BCUT2D eigenvalue weighted by Gasteiger charge is -2.38. The van der Waals surface area contributed by atoms with Crippen molar-refractivity contribution in [2.45, 2.75) is 25.0 Å². The number of anilines is 1. The third-order valence-corrected chi connectivity index (χ3v) is 6.56. The van der Waals surface area contributed by atoms with Crippen molar-refractivity contribution in [3.05, 3.63) is 101 Å². The Balaban J connectivity index is 1.28. The number of hydrogen-bond acceptors (Lipinski definition) is 4. The van der Waals surface area contributed by atoms with Crippen molar-refractivity contribution >= 4 is 34.2 Å². The minimum atomic E-state index is -0.885. The molecule has 0 unspecified atom stereocenters. The second-order valence-electron chi connectivity index (χ2n) is 8.62. The van der Waals surface area contributed by atoms with Crippen molar-refractivity contribution in [1.29, 1.82) is 0 Å². The Morgan fingerprint density at radius 3 is 2.45 bits per heavy atom. The molecule has 0 aliphatic carbocycles. The second-order valence-corrected chi connectivity index (χ2v) is 9.05. The molecule has 0 atom stereocenters. The van der Waals surface area contributed by atoms with Gasteiger partial charge in [0.1, 0.15) is 5.58 Å². The molecule has 1 saturated heterocycles. The first kappa shape index (κ1) is 21.7. The van der Waals surface area contributed by atoms with E-state index in [-0.39, 0.29) is 11.7 Å². The maximum Gasteiger partial charge on any atom is 0.291 e. The van der Waals surface area contributed by atoms with Gasteiger partial charge in [-0.1, -0.05) is 48.0 Å². The molecule has 4 aromatic rings. The molecule has 1 aromatic heterocycles. The Morgan fingerprint density at radius 1 is 1.00 bits per heavy atom. The van der Waals surface area contributed by atoms with E-state index in [9.17, 15) is 9.90 Å². The van der Waals surface area contributed by atoms with Gasteiger partial charge in [-0.15, -0.1) is 0 Å². The lowest BCUT2D eigenvalue weighted by Crippen LogP contribution is -2.42. The zero-order valence-corrected chi connectivity index (χ0v) is 18.9. The number of furan rings is 1. The predicted octanol–water partition coefficient (Wildman–Crippen LogP) is 5.82. The largest absolute Gasteiger partial charge is 0.451 e. The Bertz CT molecular complexity index is 1260. The van der Waals surface area contributed by atoms with Gasteiger partial charge in [0.2, 0.25) is 0 Å². The number of rotatable bonds is 5. The number of carbonyl (C=O) groups excluding carboxylic acids is 1. The Morgan fingerprint density at radius 2 is 1.73 bits per heavy atom. The molecule has 1 aliphatic rings. The van der Waals surface area contributed by atoms with Crippen LogP contribution in [0.1, 0.15) is 34.5 Å². The lowest BCUT2D eigenvalue weighted by molar-refractivity contribution is -0.0276. The number of likely N-dealkylation sites (tertiary alicyclic amines) is 1. The molecular formula is C27H25ClN2O3. The van der Waals surface area contributed by atoms with Crippen LogP contribution in [-0.2, 0) is 12.1 Å². The van der Waals surface area contributed by atoms with Crippen LogP contribution in [0.5, 0.6) is 0 Å². The monoisotopic (exact) mass is 460 g/mol. The first-order valence-electron chi connectivity index (χ1n) is 11.1. The van der Waals surface area contributed by atoms with Gasteiger partial charge in [-0.3, -0.25) is 9.69 Å². The van der Waals surface area contributed by atoms with Crippen LogP contribution in [0.2, 0.25) is 5.02 Å². The van der Waals surface area contributed by atoms with Crippen LogP contribution in [-0.4, -0.2) is 29.0 Å². The van der Waals surface area contributed by atoms with Crippen molar-refractivity contribution in [3.8, 4) is 0 Å². The number of aliphatic hydroxyl groups is 1. The lowest BCUT2D eigenvalue weighted by atomic mass is 9.84. The van der Waals surface area contributed by atoms with Gasteiger partial charge in [-0.05, 0) is 66.4 Å². The first-order valence-corrected chi connectivity index (χ1v) is 11.5. The summed E-state index contributed by atoms with van der Waals surface area (Å²) in [5.74, 6) is -0.107. The Labute approximate surface area is 197 Å². The number of nitrogens with zero attached hydrogens (tertiary/aromatic N) is 1. The molecule has 1 fully saturated rings. The average molecular weight is 461 g/mol. The molecule has 6 heteroatoms. The van der Waals surface area contributed by atoms with Gasteiger partial charge in [0.25, 0.3) is 5.91 Å². The fourth-order valence-electron chi connectivity index (χ4n) is 4.38. The molecule has 3 aromatic carbocycles.